The summed E-state index contributed by atoms with van der Waals surface area (Å²) in [5, 5.41) is 0. The fourth-order valence-corrected chi connectivity index (χ4v) is 3.79. The summed E-state index contributed by atoms with van der Waals surface area (Å²) < 4.78 is 13.7. The highest BCUT2D eigenvalue weighted by Gasteiger charge is 2.57. The van der Waals surface area contributed by atoms with Crippen LogP contribution in [0.25, 0.3) is 0 Å². The molecule has 0 N–H and O–H groups in total. The zero-order valence-electron chi connectivity index (χ0n) is 12.5. The average molecular weight is 266 g/mol. The molecule has 2 rings (SSSR count). The maximum atomic E-state index is 13.7. The van der Waals surface area contributed by atoms with Gasteiger partial charge >= 0.3 is 6.04 Å². The van der Waals surface area contributed by atoms with Gasteiger partial charge in [0.25, 0.3) is 0 Å². The molecule has 0 spiro atoms. The minimum atomic E-state index is -1.31. The highest BCUT2D eigenvalue weighted by molar-refractivity contribution is 6.05. The van der Waals surface area contributed by atoms with Crippen molar-refractivity contribution in [2.75, 3.05) is 0 Å². The van der Waals surface area contributed by atoms with Crippen LogP contribution in [0.3, 0.4) is 0 Å². The number of halogens is 1. The van der Waals surface area contributed by atoms with Crippen molar-refractivity contribution in [3.05, 3.63) is 11.1 Å². The number of Topliss-reactive ketones (excluding diaryl/α,β-unsaturated/α-hetero) is 1. The van der Waals surface area contributed by atoms with Gasteiger partial charge in [0.15, 0.2) is 5.78 Å². The second-order valence-electron chi connectivity index (χ2n) is 7.15. The maximum absolute atomic E-state index is 13.7. The number of carbonyl (C=O) groups is 2. The van der Waals surface area contributed by atoms with Crippen LogP contribution in [-0.2, 0) is 9.59 Å². The molecule has 2 aliphatic carbocycles. The van der Waals surface area contributed by atoms with E-state index < -0.39 is 11.5 Å². The quantitative estimate of drug-likeness (QED) is 0.711. The minimum Gasteiger partial charge on any atom is -0.294 e. The molecular formula is C16H23FO2. The zero-order valence-corrected chi connectivity index (χ0v) is 12.5. The van der Waals surface area contributed by atoms with E-state index in [0.717, 1.165) is 12.0 Å². The first kappa shape index (κ1) is 14.4. The molecule has 0 aromatic carbocycles. The molecule has 1 saturated carbocycles. The minimum absolute atomic E-state index is 0.0129. The van der Waals surface area contributed by atoms with Crippen molar-refractivity contribution in [3.63, 3.8) is 0 Å². The number of allylic oxidation sites excluding steroid dienone is 2. The molecule has 0 aromatic heterocycles. The third kappa shape index (κ3) is 1.89. The summed E-state index contributed by atoms with van der Waals surface area (Å²) in [7, 11) is 0. The molecule has 2 nitrogen and oxygen atoms in total. The van der Waals surface area contributed by atoms with Gasteiger partial charge in [0.2, 0.25) is 0 Å². The standard InChI is InChI=1S/C16H23FO2/c1-9(2)12-11(18)8-16(14(17)19)7-6-15(4,5)10(3)13(12)16/h9-10H,6-8H2,1-5H3. The Hall–Kier alpha value is -0.990. The van der Waals surface area contributed by atoms with E-state index in [1.165, 1.54) is 0 Å². The van der Waals surface area contributed by atoms with Crippen LogP contribution >= 0.6 is 0 Å². The Morgan fingerprint density at radius 2 is 1.89 bits per heavy atom. The molecule has 106 valence electrons. The lowest BCUT2D eigenvalue weighted by Crippen LogP contribution is -2.42. The van der Waals surface area contributed by atoms with Gasteiger partial charge in [-0.25, -0.2) is 0 Å². The van der Waals surface area contributed by atoms with Gasteiger partial charge in [0, 0.05) is 6.42 Å². The van der Waals surface area contributed by atoms with Gasteiger partial charge in [-0.2, -0.15) is 4.39 Å². The lowest BCUT2D eigenvalue weighted by atomic mass is 9.57. The molecule has 0 heterocycles. The van der Waals surface area contributed by atoms with Gasteiger partial charge in [-0.3, -0.25) is 9.59 Å². The second kappa shape index (κ2) is 4.26. The fraction of sp³-hybridized carbons (Fsp3) is 0.750. The Bertz CT molecular complexity index is 473. The normalized spacial score (nSPS) is 33.8. The van der Waals surface area contributed by atoms with Crippen LogP contribution in [0, 0.1) is 22.7 Å². The van der Waals surface area contributed by atoms with Crippen LogP contribution in [0.15, 0.2) is 11.1 Å². The topological polar surface area (TPSA) is 34.1 Å². The van der Waals surface area contributed by atoms with Gasteiger partial charge in [-0.15, -0.1) is 0 Å². The Balaban J connectivity index is 2.66. The van der Waals surface area contributed by atoms with Gasteiger partial charge in [0.05, 0.1) is 5.41 Å². The first-order valence-electron chi connectivity index (χ1n) is 7.11. The molecular weight excluding hydrogens is 243 g/mol. The first-order valence-corrected chi connectivity index (χ1v) is 7.11. The molecule has 0 radical (unpaired) electrons. The monoisotopic (exact) mass is 266 g/mol. The van der Waals surface area contributed by atoms with Crippen molar-refractivity contribution in [1.82, 2.24) is 0 Å². The molecule has 0 saturated heterocycles. The van der Waals surface area contributed by atoms with Crippen LogP contribution in [0.4, 0.5) is 4.39 Å². The summed E-state index contributed by atoms with van der Waals surface area (Å²) >= 11 is 0. The summed E-state index contributed by atoms with van der Waals surface area (Å²) in [5.74, 6) is 0.102. The van der Waals surface area contributed by atoms with E-state index in [-0.39, 0.29) is 29.5 Å². The summed E-state index contributed by atoms with van der Waals surface area (Å²) in [4.78, 5) is 23.9. The van der Waals surface area contributed by atoms with Crippen LogP contribution in [0.1, 0.15) is 53.9 Å². The third-order valence-corrected chi connectivity index (χ3v) is 5.32. The van der Waals surface area contributed by atoms with E-state index in [2.05, 4.69) is 13.8 Å². The maximum Gasteiger partial charge on any atom is 0.312 e. The van der Waals surface area contributed by atoms with Gasteiger partial charge in [-0.1, -0.05) is 34.6 Å². The molecule has 0 amide bonds. The van der Waals surface area contributed by atoms with E-state index in [0.29, 0.717) is 12.0 Å². The third-order valence-electron chi connectivity index (χ3n) is 5.32. The molecule has 0 bridgehead atoms. The number of hydrogen-bond acceptors (Lipinski definition) is 2. The SMILES string of the molecule is CC(C)C1=C2C(C)C(C)(C)CCC2(C(=O)F)CC1=O. The van der Waals surface area contributed by atoms with Crippen molar-refractivity contribution in [1.29, 1.82) is 0 Å². The highest BCUT2D eigenvalue weighted by Crippen LogP contribution is 2.59. The largest absolute Gasteiger partial charge is 0.312 e. The molecule has 2 unspecified atom stereocenters. The Kier molecular flexibility index (Phi) is 3.23. The van der Waals surface area contributed by atoms with E-state index in [1.54, 1.807) is 0 Å². The van der Waals surface area contributed by atoms with Crippen LogP contribution in [0.2, 0.25) is 0 Å². The van der Waals surface area contributed by atoms with Crippen molar-refractivity contribution in [3.8, 4) is 0 Å². The zero-order chi connectivity index (χ0) is 14.6. The van der Waals surface area contributed by atoms with Crippen LogP contribution < -0.4 is 0 Å². The summed E-state index contributed by atoms with van der Waals surface area (Å²) in [5.41, 5.74) is 0.396. The molecule has 3 heteroatoms. The van der Waals surface area contributed by atoms with Crippen molar-refractivity contribution >= 4 is 11.8 Å². The van der Waals surface area contributed by atoms with Crippen molar-refractivity contribution in [2.45, 2.75) is 53.9 Å². The lowest BCUT2D eigenvalue weighted by Gasteiger charge is -2.46. The predicted octanol–water partition coefficient (Wildman–Crippen LogP) is 3.85. The van der Waals surface area contributed by atoms with E-state index in [4.69, 9.17) is 0 Å². The molecule has 2 atom stereocenters. The smallest absolute Gasteiger partial charge is 0.294 e. The summed E-state index contributed by atoms with van der Waals surface area (Å²) in [6.07, 6.45) is 1.30. The number of fused-ring (bicyclic) bond motifs is 1. The predicted molar refractivity (Wildman–Crippen MR) is 72.2 cm³/mol. The molecule has 0 aromatic rings. The van der Waals surface area contributed by atoms with E-state index >= 15 is 0 Å². The molecule has 1 fully saturated rings. The Morgan fingerprint density at radius 3 is 2.37 bits per heavy atom. The fourth-order valence-electron chi connectivity index (χ4n) is 3.79. The second-order valence-corrected chi connectivity index (χ2v) is 7.15. The van der Waals surface area contributed by atoms with Crippen LogP contribution in [0.5, 0.6) is 0 Å². The number of hydrogen-bond donors (Lipinski definition) is 0. The van der Waals surface area contributed by atoms with Crippen LogP contribution in [-0.4, -0.2) is 11.8 Å². The van der Waals surface area contributed by atoms with E-state index in [1.807, 2.05) is 20.8 Å². The summed E-state index contributed by atoms with van der Waals surface area (Å²) in [6, 6.07) is -1.31. The Morgan fingerprint density at radius 1 is 1.32 bits per heavy atom. The average Bonchev–Trinajstić information content (AvgIpc) is 2.59. The number of rotatable bonds is 2. The molecule has 2 aliphatic rings. The van der Waals surface area contributed by atoms with Crippen molar-refractivity contribution < 1.29 is 14.0 Å². The lowest BCUT2D eigenvalue weighted by molar-refractivity contribution is -0.142. The molecule has 0 aliphatic heterocycles. The number of carbonyl (C=O) groups excluding carboxylic acids is 2. The van der Waals surface area contributed by atoms with Gasteiger partial charge < -0.3 is 0 Å². The Labute approximate surface area is 114 Å². The summed E-state index contributed by atoms with van der Waals surface area (Å²) in [6.45, 7) is 10.2. The molecule has 19 heavy (non-hydrogen) atoms. The van der Waals surface area contributed by atoms with E-state index in [9.17, 15) is 14.0 Å². The van der Waals surface area contributed by atoms with Gasteiger partial charge in [0.1, 0.15) is 0 Å². The highest BCUT2D eigenvalue weighted by atomic mass is 19.1. The first-order chi connectivity index (χ1) is 8.63. The van der Waals surface area contributed by atoms with Gasteiger partial charge in [-0.05, 0) is 41.2 Å². The number of ketones is 1. The van der Waals surface area contributed by atoms with Crippen molar-refractivity contribution in [2.24, 2.45) is 22.7 Å².